The van der Waals surface area contributed by atoms with Crippen LogP contribution in [0.5, 0.6) is 0 Å². The molecule has 1 heterocycles. The molecule has 4 nitrogen and oxygen atoms in total. The van der Waals surface area contributed by atoms with Crippen molar-refractivity contribution < 1.29 is 8.42 Å². The van der Waals surface area contributed by atoms with Crippen LogP contribution in [0.2, 0.25) is 0 Å². The van der Waals surface area contributed by atoms with Crippen molar-refractivity contribution in [1.82, 2.24) is 9.62 Å². The Bertz CT molecular complexity index is 285. The zero-order valence-corrected chi connectivity index (χ0v) is 10.0. The van der Waals surface area contributed by atoms with Crippen LogP contribution in [-0.2, 0) is 10.0 Å². The maximum absolute atomic E-state index is 11.7. The number of nitrogens with one attached hydrogen (secondary N) is 1. The van der Waals surface area contributed by atoms with Gasteiger partial charge in [0, 0.05) is 26.2 Å². The van der Waals surface area contributed by atoms with E-state index in [0.29, 0.717) is 13.1 Å². The van der Waals surface area contributed by atoms with Gasteiger partial charge in [0.1, 0.15) is 0 Å². The number of rotatable bonds is 2. The SMILES string of the molecule is CCS(=O)(=O)N1CCNCC(C)(C)C1. The van der Waals surface area contributed by atoms with Crippen molar-refractivity contribution >= 4 is 10.0 Å². The molecule has 1 fully saturated rings. The molecule has 0 unspecified atom stereocenters. The van der Waals surface area contributed by atoms with Gasteiger partial charge in [0.2, 0.25) is 10.0 Å². The first-order chi connectivity index (χ1) is 6.37. The molecule has 0 bridgehead atoms. The van der Waals surface area contributed by atoms with Crippen molar-refractivity contribution in [3.8, 4) is 0 Å². The molecule has 0 amide bonds. The predicted octanol–water partition coefficient (Wildman–Crippen LogP) is 0.267. The maximum Gasteiger partial charge on any atom is 0.213 e. The molecule has 1 rings (SSSR count). The lowest BCUT2D eigenvalue weighted by Crippen LogP contribution is -2.39. The molecule has 1 saturated heterocycles. The molecule has 14 heavy (non-hydrogen) atoms. The monoisotopic (exact) mass is 220 g/mol. The van der Waals surface area contributed by atoms with Gasteiger partial charge in [0.15, 0.2) is 0 Å². The van der Waals surface area contributed by atoms with E-state index in [0.717, 1.165) is 13.1 Å². The fraction of sp³-hybridized carbons (Fsp3) is 1.00. The predicted molar refractivity (Wildman–Crippen MR) is 57.7 cm³/mol. The van der Waals surface area contributed by atoms with Gasteiger partial charge in [-0.1, -0.05) is 13.8 Å². The quantitative estimate of drug-likeness (QED) is 0.726. The number of hydrogen-bond donors (Lipinski definition) is 1. The summed E-state index contributed by atoms with van der Waals surface area (Å²) in [7, 11) is -3.02. The van der Waals surface area contributed by atoms with Gasteiger partial charge < -0.3 is 5.32 Å². The van der Waals surface area contributed by atoms with Crippen molar-refractivity contribution in [1.29, 1.82) is 0 Å². The number of nitrogens with zero attached hydrogens (tertiary/aromatic N) is 1. The molecule has 0 aromatic rings. The van der Waals surface area contributed by atoms with Crippen LogP contribution >= 0.6 is 0 Å². The van der Waals surface area contributed by atoms with Crippen LogP contribution in [0, 0.1) is 5.41 Å². The van der Waals surface area contributed by atoms with E-state index < -0.39 is 10.0 Å². The third-order valence-electron chi connectivity index (χ3n) is 2.50. The molecule has 0 aliphatic carbocycles. The number of hydrogen-bond acceptors (Lipinski definition) is 3. The second-order valence-electron chi connectivity index (χ2n) is 4.58. The van der Waals surface area contributed by atoms with Crippen molar-refractivity contribution in [3.63, 3.8) is 0 Å². The van der Waals surface area contributed by atoms with Gasteiger partial charge in [-0.25, -0.2) is 12.7 Å². The van der Waals surface area contributed by atoms with Crippen LogP contribution in [0.25, 0.3) is 0 Å². The van der Waals surface area contributed by atoms with Crippen LogP contribution in [0.1, 0.15) is 20.8 Å². The topological polar surface area (TPSA) is 49.4 Å². The van der Waals surface area contributed by atoms with E-state index in [-0.39, 0.29) is 11.2 Å². The summed E-state index contributed by atoms with van der Waals surface area (Å²) in [5.41, 5.74) is 0.0265. The lowest BCUT2D eigenvalue weighted by molar-refractivity contribution is 0.289. The zero-order valence-electron chi connectivity index (χ0n) is 9.21. The molecular formula is C9H20N2O2S. The van der Waals surface area contributed by atoms with Crippen LogP contribution in [0.4, 0.5) is 0 Å². The van der Waals surface area contributed by atoms with E-state index in [1.165, 1.54) is 0 Å². The highest BCUT2D eigenvalue weighted by atomic mass is 32.2. The fourth-order valence-electron chi connectivity index (χ4n) is 1.66. The van der Waals surface area contributed by atoms with Crippen molar-refractivity contribution in [2.75, 3.05) is 31.9 Å². The van der Waals surface area contributed by atoms with Gasteiger partial charge in [-0.15, -0.1) is 0 Å². The summed E-state index contributed by atoms with van der Waals surface area (Å²) in [6.45, 7) is 8.72. The molecule has 0 radical (unpaired) electrons. The molecule has 1 aliphatic heterocycles. The second kappa shape index (κ2) is 4.16. The highest BCUT2D eigenvalue weighted by Crippen LogP contribution is 2.19. The Kier molecular flexibility index (Phi) is 3.55. The maximum atomic E-state index is 11.7. The minimum absolute atomic E-state index is 0.0265. The average Bonchev–Trinajstić information content (AvgIpc) is 2.26. The van der Waals surface area contributed by atoms with E-state index in [1.807, 2.05) is 0 Å². The van der Waals surface area contributed by atoms with Gasteiger partial charge >= 0.3 is 0 Å². The van der Waals surface area contributed by atoms with Crippen molar-refractivity contribution in [2.45, 2.75) is 20.8 Å². The summed E-state index contributed by atoms with van der Waals surface area (Å²) in [6, 6.07) is 0. The lowest BCUT2D eigenvalue weighted by Gasteiger charge is -2.27. The van der Waals surface area contributed by atoms with E-state index in [4.69, 9.17) is 0 Å². The second-order valence-corrected chi connectivity index (χ2v) is 6.83. The smallest absolute Gasteiger partial charge is 0.213 e. The van der Waals surface area contributed by atoms with Crippen LogP contribution in [0.3, 0.4) is 0 Å². The average molecular weight is 220 g/mol. The highest BCUT2D eigenvalue weighted by Gasteiger charge is 2.30. The Morgan fingerprint density at radius 1 is 1.43 bits per heavy atom. The van der Waals surface area contributed by atoms with Crippen LogP contribution < -0.4 is 5.32 Å². The molecule has 1 aliphatic rings. The fourth-order valence-corrected chi connectivity index (χ4v) is 2.94. The third kappa shape index (κ3) is 2.93. The molecule has 0 aromatic carbocycles. The summed E-state index contributed by atoms with van der Waals surface area (Å²) >= 11 is 0. The summed E-state index contributed by atoms with van der Waals surface area (Å²) in [4.78, 5) is 0. The summed E-state index contributed by atoms with van der Waals surface area (Å²) < 4.78 is 25.0. The Labute approximate surface area is 86.7 Å². The van der Waals surface area contributed by atoms with E-state index in [9.17, 15) is 8.42 Å². The minimum Gasteiger partial charge on any atom is -0.315 e. The standard InChI is InChI=1S/C9H20N2O2S/c1-4-14(12,13)11-6-5-10-7-9(2,3)8-11/h10H,4-8H2,1-3H3. The highest BCUT2D eigenvalue weighted by molar-refractivity contribution is 7.89. The largest absolute Gasteiger partial charge is 0.315 e. The summed E-state index contributed by atoms with van der Waals surface area (Å²) in [6.07, 6.45) is 0. The summed E-state index contributed by atoms with van der Waals surface area (Å²) in [5, 5.41) is 3.26. The van der Waals surface area contributed by atoms with Gasteiger partial charge in [0.25, 0.3) is 0 Å². The van der Waals surface area contributed by atoms with E-state index >= 15 is 0 Å². The normalized spacial score (nSPS) is 24.5. The van der Waals surface area contributed by atoms with Gasteiger partial charge in [-0.3, -0.25) is 0 Å². The molecule has 0 spiro atoms. The third-order valence-corrected chi connectivity index (χ3v) is 4.33. The molecule has 0 saturated carbocycles. The Hall–Kier alpha value is -0.130. The molecule has 84 valence electrons. The van der Waals surface area contributed by atoms with Crippen LogP contribution in [0.15, 0.2) is 0 Å². The minimum atomic E-state index is -3.02. The molecular weight excluding hydrogens is 200 g/mol. The van der Waals surface area contributed by atoms with Gasteiger partial charge in [-0.2, -0.15) is 0 Å². The van der Waals surface area contributed by atoms with Crippen molar-refractivity contribution in [2.24, 2.45) is 5.41 Å². The summed E-state index contributed by atoms with van der Waals surface area (Å²) in [5.74, 6) is 0.198. The van der Waals surface area contributed by atoms with Gasteiger partial charge in [-0.05, 0) is 12.3 Å². The molecule has 5 heteroatoms. The first-order valence-corrected chi connectivity index (χ1v) is 6.67. The number of sulfonamides is 1. The lowest BCUT2D eigenvalue weighted by atomic mass is 9.94. The van der Waals surface area contributed by atoms with Gasteiger partial charge in [0.05, 0.1) is 5.75 Å². The first kappa shape index (κ1) is 11.9. The van der Waals surface area contributed by atoms with E-state index in [1.54, 1.807) is 11.2 Å². The first-order valence-electron chi connectivity index (χ1n) is 5.06. The van der Waals surface area contributed by atoms with E-state index in [2.05, 4.69) is 19.2 Å². The Morgan fingerprint density at radius 2 is 2.07 bits per heavy atom. The Morgan fingerprint density at radius 3 is 2.64 bits per heavy atom. The molecule has 1 N–H and O–H groups in total. The molecule has 0 atom stereocenters. The molecule has 0 aromatic heterocycles. The van der Waals surface area contributed by atoms with Crippen molar-refractivity contribution in [3.05, 3.63) is 0 Å². The van der Waals surface area contributed by atoms with Crippen LogP contribution in [-0.4, -0.2) is 44.7 Å². The zero-order chi connectivity index (χ0) is 10.8. The Balaban J connectivity index is 2.79.